The van der Waals surface area contributed by atoms with Crippen molar-refractivity contribution in [3.63, 3.8) is 0 Å². The first-order valence-electron chi connectivity index (χ1n) is 4.01. The summed E-state index contributed by atoms with van der Waals surface area (Å²) in [7, 11) is 0. The van der Waals surface area contributed by atoms with E-state index in [1.807, 2.05) is 0 Å². The summed E-state index contributed by atoms with van der Waals surface area (Å²) in [5.74, 6) is -0.300. The van der Waals surface area contributed by atoms with E-state index in [4.69, 9.17) is 5.11 Å². The molecule has 1 aromatic heterocycles. The summed E-state index contributed by atoms with van der Waals surface area (Å²) >= 11 is 0. The third kappa shape index (κ3) is 1.20. The number of aromatic nitrogens is 2. The third-order valence-corrected chi connectivity index (χ3v) is 2.17. The van der Waals surface area contributed by atoms with Gasteiger partial charge in [-0.1, -0.05) is 0 Å². The summed E-state index contributed by atoms with van der Waals surface area (Å²) < 4.78 is 0. The Labute approximate surface area is 69.6 Å². The number of carbonyl (C=O) groups is 1. The first kappa shape index (κ1) is 7.34. The molecule has 1 unspecified atom stereocenters. The van der Waals surface area contributed by atoms with Gasteiger partial charge in [0.15, 0.2) is 0 Å². The zero-order valence-corrected chi connectivity index (χ0v) is 6.53. The molecular formula is C8H10N2O2. The van der Waals surface area contributed by atoms with E-state index >= 15 is 0 Å². The van der Waals surface area contributed by atoms with Crippen LogP contribution in [0.15, 0.2) is 12.4 Å². The van der Waals surface area contributed by atoms with Crippen LogP contribution in [0.3, 0.4) is 0 Å². The first-order valence-corrected chi connectivity index (χ1v) is 4.01. The molecule has 0 spiro atoms. The van der Waals surface area contributed by atoms with Crippen LogP contribution in [-0.4, -0.2) is 21.0 Å². The minimum atomic E-state index is -0.771. The van der Waals surface area contributed by atoms with Crippen LogP contribution in [0.5, 0.6) is 0 Å². The van der Waals surface area contributed by atoms with Crippen LogP contribution in [-0.2, 0) is 4.79 Å². The normalized spacial score (nSPS) is 19.0. The second kappa shape index (κ2) is 2.62. The van der Waals surface area contributed by atoms with Gasteiger partial charge in [0.05, 0.1) is 0 Å². The van der Waals surface area contributed by atoms with E-state index in [1.54, 1.807) is 12.4 Å². The van der Waals surface area contributed by atoms with E-state index in [-0.39, 0.29) is 0 Å². The van der Waals surface area contributed by atoms with E-state index in [1.165, 1.54) is 0 Å². The van der Waals surface area contributed by atoms with Crippen LogP contribution in [0.1, 0.15) is 24.6 Å². The van der Waals surface area contributed by atoms with Gasteiger partial charge in [0, 0.05) is 12.4 Å². The molecule has 2 N–H and O–H groups in total. The highest BCUT2D eigenvalue weighted by Gasteiger charge is 2.38. The van der Waals surface area contributed by atoms with Crippen molar-refractivity contribution in [3.8, 4) is 0 Å². The second-order valence-corrected chi connectivity index (χ2v) is 3.13. The van der Waals surface area contributed by atoms with Crippen molar-refractivity contribution in [1.82, 2.24) is 9.97 Å². The fraction of sp³-hybridized carbons (Fsp3) is 0.500. The van der Waals surface area contributed by atoms with Crippen LogP contribution in [0.2, 0.25) is 0 Å². The fourth-order valence-corrected chi connectivity index (χ4v) is 1.42. The van der Waals surface area contributed by atoms with E-state index in [0.717, 1.165) is 12.8 Å². The molecule has 4 nitrogen and oxygen atoms in total. The average Bonchev–Trinajstić information content (AvgIpc) is 2.65. The number of nitrogens with one attached hydrogen (secondary N) is 1. The third-order valence-electron chi connectivity index (χ3n) is 2.17. The molecule has 0 bridgehead atoms. The van der Waals surface area contributed by atoms with Crippen molar-refractivity contribution in [2.75, 3.05) is 0 Å². The Morgan fingerprint density at radius 3 is 2.92 bits per heavy atom. The standard InChI is InChI=1S/C8H10N2O2/c11-8(12)6(5-1-2-5)7-9-3-4-10-7/h3-6H,1-2H2,(H,9,10)(H,11,12). The van der Waals surface area contributed by atoms with Gasteiger partial charge in [-0.3, -0.25) is 4.79 Å². The van der Waals surface area contributed by atoms with Crippen LogP contribution in [0.4, 0.5) is 0 Å². The fourth-order valence-electron chi connectivity index (χ4n) is 1.42. The molecule has 4 heteroatoms. The monoisotopic (exact) mass is 166 g/mol. The number of H-pyrrole nitrogens is 1. The lowest BCUT2D eigenvalue weighted by atomic mass is 10.0. The Morgan fingerprint density at radius 2 is 2.50 bits per heavy atom. The lowest BCUT2D eigenvalue weighted by Gasteiger charge is -2.06. The maximum absolute atomic E-state index is 10.8. The number of aliphatic carboxylic acids is 1. The lowest BCUT2D eigenvalue weighted by molar-refractivity contribution is -0.139. The molecule has 1 saturated carbocycles. The molecule has 64 valence electrons. The lowest BCUT2D eigenvalue weighted by Crippen LogP contribution is -2.14. The van der Waals surface area contributed by atoms with Crippen molar-refractivity contribution < 1.29 is 9.90 Å². The van der Waals surface area contributed by atoms with Gasteiger partial charge in [0.1, 0.15) is 11.7 Å². The van der Waals surface area contributed by atoms with E-state index in [9.17, 15) is 4.79 Å². The molecule has 1 aliphatic rings. The number of nitrogens with zero attached hydrogens (tertiary/aromatic N) is 1. The molecule has 1 atom stereocenters. The van der Waals surface area contributed by atoms with Gasteiger partial charge in [-0.15, -0.1) is 0 Å². The topological polar surface area (TPSA) is 66.0 Å². The van der Waals surface area contributed by atoms with Crippen LogP contribution >= 0.6 is 0 Å². The number of carboxylic acids is 1. The molecule has 1 aromatic rings. The highest BCUT2D eigenvalue weighted by molar-refractivity contribution is 5.75. The number of rotatable bonds is 3. The van der Waals surface area contributed by atoms with E-state index in [2.05, 4.69) is 9.97 Å². The Hall–Kier alpha value is -1.32. The molecule has 1 fully saturated rings. The Kier molecular flexibility index (Phi) is 1.60. The molecule has 12 heavy (non-hydrogen) atoms. The molecule has 0 amide bonds. The smallest absolute Gasteiger partial charge is 0.314 e. The summed E-state index contributed by atoms with van der Waals surface area (Å²) in [6, 6.07) is 0. The van der Waals surface area contributed by atoms with Gasteiger partial charge in [-0.2, -0.15) is 0 Å². The number of imidazole rings is 1. The van der Waals surface area contributed by atoms with Crippen molar-refractivity contribution in [2.24, 2.45) is 5.92 Å². The quantitative estimate of drug-likeness (QED) is 0.703. The SMILES string of the molecule is O=C(O)C(c1ncc[nH]1)C1CC1. The minimum Gasteiger partial charge on any atom is -0.481 e. The van der Waals surface area contributed by atoms with Crippen LogP contribution in [0.25, 0.3) is 0 Å². The Balaban J connectivity index is 2.21. The van der Waals surface area contributed by atoms with Gasteiger partial charge in [-0.05, 0) is 18.8 Å². The van der Waals surface area contributed by atoms with E-state index in [0.29, 0.717) is 11.7 Å². The van der Waals surface area contributed by atoms with Crippen molar-refractivity contribution >= 4 is 5.97 Å². The van der Waals surface area contributed by atoms with Gasteiger partial charge in [0.25, 0.3) is 0 Å². The summed E-state index contributed by atoms with van der Waals surface area (Å²) in [5, 5.41) is 8.90. The minimum absolute atomic E-state index is 0.300. The molecule has 1 heterocycles. The molecular weight excluding hydrogens is 156 g/mol. The highest BCUT2D eigenvalue weighted by atomic mass is 16.4. The van der Waals surface area contributed by atoms with Crippen molar-refractivity contribution in [1.29, 1.82) is 0 Å². The molecule has 0 saturated heterocycles. The zero-order chi connectivity index (χ0) is 8.55. The van der Waals surface area contributed by atoms with Gasteiger partial charge in [0.2, 0.25) is 0 Å². The predicted octanol–water partition coefficient (Wildman–Crippen LogP) is 0.988. The number of aromatic amines is 1. The van der Waals surface area contributed by atoms with Crippen LogP contribution in [0, 0.1) is 5.92 Å². The van der Waals surface area contributed by atoms with Crippen molar-refractivity contribution in [2.45, 2.75) is 18.8 Å². The van der Waals surface area contributed by atoms with Gasteiger partial charge in [-0.25, -0.2) is 4.98 Å². The maximum Gasteiger partial charge on any atom is 0.314 e. The van der Waals surface area contributed by atoms with E-state index < -0.39 is 11.9 Å². The molecule has 1 aliphatic carbocycles. The summed E-state index contributed by atoms with van der Waals surface area (Å²) in [4.78, 5) is 17.6. The Bertz CT molecular complexity index is 277. The van der Waals surface area contributed by atoms with Crippen molar-refractivity contribution in [3.05, 3.63) is 18.2 Å². The zero-order valence-electron chi connectivity index (χ0n) is 6.53. The highest BCUT2D eigenvalue weighted by Crippen LogP contribution is 2.41. The molecule has 0 aliphatic heterocycles. The predicted molar refractivity (Wildman–Crippen MR) is 41.7 cm³/mol. The summed E-state index contributed by atoms with van der Waals surface area (Å²) in [6.45, 7) is 0. The maximum atomic E-state index is 10.8. The Morgan fingerprint density at radius 1 is 1.75 bits per heavy atom. The van der Waals surface area contributed by atoms with Gasteiger partial charge >= 0.3 is 5.97 Å². The molecule has 2 rings (SSSR count). The van der Waals surface area contributed by atoms with Crippen LogP contribution < -0.4 is 0 Å². The number of carboxylic acid groups (broad SMARTS) is 1. The largest absolute Gasteiger partial charge is 0.481 e. The number of hydrogen-bond donors (Lipinski definition) is 2. The second-order valence-electron chi connectivity index (χ2n) is 3.13. The molecule has 0 aromatic carbocycles. The summed E-state index contributed by atoms with van der Waals surface area (Å²) in [6.07, 6.45) is 5.27. The molecule has 0 radical (unpaired) electrons. The van der Waals surface area contributed by atoms with Gasteiger partial charge < -0.3 is 10.1 Å². The average molecular weight is 166 g/mol. The first-order chi connectivity index (χ1) is 5.79. The summed E-state index contributed by atoms with van der Waals surface area (Å²) in [5.41, 5.74) is 0. The number of hydrogen-bond acceptors (Lipinski definition) is 2.